The van der Waals surface area contributed by atoms with E-state index in [1.54, 1.807) is 12.1 Å². The molecule has 0 saturated heterocycles. The Morgan fingerprint density at radius 2 is 1.67 bits per heavy atom. The number of anilines is 2. The standard InChI is InChI=1S/C13H13NO/c1-10-7-12(9-13(15)8-10)14-11-5-3-2-4-6-11/h2-9,14-15H,1H3. The summed E-state index contributed by atoms with van der Waals surface area (Å²) in [6, 6.07) is 15.3. The van der Waals surface area contributed by atoms with Gasteiger partial charge in [0.05, 0.1) is 0 Å². The summed E-state index contributed by atoms with van der Waals surface area (Å²) in [5, 5.41) is 12.7. The van der Waals surface area contributed by atoms with E-state index in [1.807, 2.05) is 43.3 Å². The third kappa shape index (κ3) is 2.50. The molecule has 0 saturated carbocycles. The number of aromatic hydroxyl groups is 1. The quantitative estimate of drug-likeness (QED) is 0.776. The third-order valence-electron chi connectivity index (χ3n) is 2.12. The number of aryl methyl sites for hydroxylation is 1. The predicted octanol–water partition coefficient (Wildman–Crippen LogP) is 3.44. The summed E-state index contributed by atoms with van der Waals surface area (Å²) >= 11 is 0. The third-order valence-corrected chi connectivity index (χ3v) is 2.12. The summed E-state index contributed by atoms with van der Waals surface area (Å²) in [5.74, 6) is 0.286. The Bertz CT molecular complexity index is 431. The second kappa shape index (κ2) is 4.05. The lowest BCUT2D eigenvalue weighted by atomic mass is 10.2. The van der Waals surface area contributed by atoms with Crippen molar-refractivity contribution >= 4 is 11.4 Å². The van der Waals surface area contributed by atoms with Crippen molar-refractivity contribution in [2.24, 2.45) is 0 Å². The summed E-state index contributed by atoms with van der Waals surface area (Å²) in [5.41, 5.74) is 2.95. The number of para-hydroxylation sites is 1. The highest BCUT2D eigenvalue weighted by molar-refractivity contribution is 5.61. The molecule has 2 N–H and O–H groups in total. The Kier molecular flexibility index (Phi) is 2.59. The normalized spacial score (nSPS) is 9.93. The van der Waals surface area contributed by atoms with Gasteiger partial charge in [-0.1, -0.05) is 18.2 Å². The zero-order valence-corrected chi connectivity index (χ0v) is 8.57. The molecule has 2 rings (SSSR count). The second-order valence-corrected chi connectivity index (χ2v) is 3.55. The number of rotatable bonds is 2. The minimum Gasteiger partial charge on any atom is -0.508 e. The molecule has 0 atom stereocenters. The lowest BCUT2D eigenvalue weighted by Crippen LogP contribution is -1.89. The summed E-state index contributed by atoms with van der Waals surface area (Å²) in [6.07, 6.45) is 0. The molecule has 0 spiro atoms. The fourth-order valence-electron chi connectivity index (χ4n) is 1.52. The summed E-state index contributed by atoms with van der Waals surface area (Å²) in [6.45, 7) is 1.95. The Hall–Kier alpha value is -1.96. The van der Waals surface area contributed by atoms with Crippen molar-refractivity contribution in [2.75, 3.05) is 5.32 Å². The van der Waals surface area contributed by atoms with Gasteiger partial charge < -0.3 is 10.4 Å². The lowest BCUT2D eigenvalue weighted by Gasteiger charge is -2.07. The zero-order valence-electron chi connectivity index (χ0n) is 8.57. The zero-order chi connectivity index (χ0) is 10.7. The van der Waals surface area contributed by atoms with Crippen molar-refractivity contribution in [1.29, 1.82) is 0 Å². The maximum Gasteiger partial charge on any atom is 0.117 e. The van der Waals surface area contributed by atoms with Crippen LogP contribution in [0.1, 0.15) is 5.56 Å². The highest BCUT2D eigenvalue weighted by Gasteiger charge is 1.97. The van der Waals surface area contributed by atoms with Crippen LogP contribution in [-0.2, 0) is 0 Å². The van der Waals surface area contributed by atoms with Gasteiger partial charge in [-0.2, -0.15) is 0 Å². The van der Waals surface area contributed by atoms with Crippen LogP contribution in [0.5, 0.6) is 5.75 Å². The molecule has 0 radical (unpaired) electrons. The largest absolute Gasteiger partial charge is 0.508 e. The molecule has 15 heavy (non-hydrogen) atoms. The molecule has 0 aliphatic carbocycles. The average Bonchev–Trinajstić information content (AvgIpc) is 2.17. The van der Waals surface area contributed by atoms with Crippen LogP contribution >= 0.6 is 0 Å². The van der Waals surface area contributed by atoms with Crippen molar-refractivity contribution < 1.29 is 5.11 Å². The monoisotopic (exact) mass is 199 g/mol. The van der Waals surface area contributed by atoms with E-state index in [4.69, 9.17) is 0 Å². The maximum atomic E-state index is 9.43. The number of phenols is 1. The highest BCUT2D eigenvalue weighted by atomic mass is 16.3. The number of benzene rings is 2. The Labute approximate surface area is 89.2 Å². The van der Waals surface area contributed by atoms with Gasteiger partial charge in [0.2, 0.25) is 0 Å². The van der Waals surface area contributed by atoms with Gasteiger partial charge in [0.25, 0.3) is 0 Å². The first-order valence-corrected chi connectivity index (χ1v) is 4.87. The van der Waals surface area contributed by atoms with Crippen molar-refractivity contribution in [3.8, 4) is 5.75 Å². The minimum atomic E-state index is 0.286. The van der Waals surface area contributed by atoms with Gasteiger partial charge >= 0.3 is 0 Å². The molecular formula is C13H13NO. The number of hydrogen-bond donors (Lipinski definition) is 2. The van der Waals surface area contributed by atoms with Crippen LogP contribution in [0.25, 0.3) is 0 Å². The van der Waals surface area contributed by atoms with Crippen LogP contribution in [-0.4, -0.2) is 5.11 Å². The number of nitrogens with one attached hydrogen (secondary N) is 1. The van der Waals surface area contributed by atoms with E-state index in [0.29, 0.717) is 0 Å². The van der Waals surface area contributed by atoms with E-state index in [0.717, 1.165) is 16.9 Å². The molecule has 0 bridgehead atoms. The molecule has 76 valence electrons. The van der Waals surface area contributed by atoms with E-state index in [-0.39, 0.29) is 5.75 Å². The van der Waals surface area contributed by atoms with Gasteiger partial charge in [-0.15, -0.1) is 0 Å². The minimum absolute atomic E-state index is 0.286. The Morgan fingerprint density at radius 1 is 0.933 bits per heavy atom. The molecule has 0 fully saturated rings. The first kappa shape index (κ1) is 9.59. The topological polar surface area (TPSA) is 32.3 Å². The van der Waals surface area contributed by atoms with Crippen LogP contribution in [0, 0.1) is 6.92 Å². The van der Waals surface area contributed by atoms with E-state index in [2.05, 4.69) is 5.32 Å². The highest BCUT2D eigenvalue weighted by Crippen LogP contribution is 2.22. The Morgan fingerprint density at radius 3 is 2.33 bits per heavy atom. The molecule has 0 aromatic heterocycles. The molecule has 2 heteroatoms. The SMILES string of the molecule is Cc1cc(O)cc(Nc2ccccc2)c1. The smallest absolute Gasteiger partial charge is 0.117 e. The van der Waals surface area contributed by atoms with Crippen LogP contribution in [0.2, 0.25) is 0 Å². The van der Waals surface area contributed by atoms with Crippen molar-refractivity contribution in [1.82, 2.24) is 0 Å². The predicted molar refractivity (Wildman–Crippen MR) is 62.6 cm³/mol. The fraction of sp³-hybridized carbons (Fsp3) is 0.0769. The van der Waals surface area contributed by atoms with E-state index in [9.17, 15) is 5.11 Å². The van der Waals surface area contributed by atoms with Gasteiger partial charge in [-0.25, -0.2) is 0 Å². The first-order chi connectivity index (χ1) is 7.24. The van der Waals surface area contributed by atoms with Crippen molar-refractivity contribution in [3.05, 3.63) is 54.1 Å². The van der Waals surface area contributed by atoms with Crippen LogP contribution < -0.4 is 5.32 Å². The summed E-state index contributed by atoms with van der Waals surface area (Å²) < 4.78 is 0. The summed E-state index contributed by atoms with van der Waals surface area (Å²) in [4.78, 5) is 0. The van der Waals surface area contributed by atoms with Gasteiger partial charge in [0, 0.05) is 17.4 Å². The Balaban J connectivity index is 2.25. The molecule has 0 aliphatic heterocycles. The van der Waals surface area contributed by atoms with E-state index < -0.39 is 0 Å². The molecule has 0 heterocycles. The maximum absolute atomic E-state index is 9.43. The average molecular weight is 199 g/mol. The van der Waals surface area contributed by atoms with Gasteiger partial charge in [-0.3, -0.25) is 0 Å². The van der Waals surface area contributed by atoms with Crippen LogP contribution in [0.3, 0.4) is 0 Å². The molecule has 0 amide bonds. The van der Waals surface area contributed by atoms with E-state index in [1.165, 1.54) is 0 Å². The van der Waals surface area contributed by atoms with Crippen molar-refractivity contribution in [2.45, 2.75) is 6.92 Å². The lowest BCUT2D eigenvalue weighted by molar-refractivity contribution is 0.475. The number of phenolic OH excluding ortho intramolecular Hbond substituents is 1. The number of hydrogen-bond acceptors (Lipinski definition) is 2. The van der Waals surface area contributed by atoms with Crippen LogP contribution in [0.15, 0.2) is 48.5 Å². The molecule has 0 aliphatic rings. The van der Waals surface area contributed by atoms with Gasteiger partial charge in [0.15, 0.2) is 0 Å². The van der Waals surface area contributed by atoms with Gasteiger partial charge in [0.1, 0.15) is 5.75 Å². The molecule has 2 aromatic carbocycles. The molecule has 2 aromatic rings. The summed E-state index contributed by atoms with van der Waals surface area (Å²) in [7, 11) is 0. The van der Waals surface area contributed by atoms with E-state index >= 15 is 0 Å². The van der Waals surface area contributed by atoms with Crippen molar-refractivity contribution in [3.63, 3.8) is 0 Å². The second-order valence-electron chi connectivity index (χ2n) is 3.55. The van der Waals surface area contributed by atoms with Gasteiger partial charge in [-0.05, 0) is 36.8 Å². The molecule has 2 nitrogen and oxygen atoms in total. The molecule has 0 unspecified atom stereocenters. The first-order valence-electron chi connectivity index (χ1n) is 4.87. The van der Waals surface area contributed by atoms with Crippen LogP contribution in [0.4, 0.5) is 11.4 Å². The fourth-order valence-corrected chi connectivity index (χ4v) is 1.52. The molecular weight excluding hydrogens is 186 g/mol.